The average Bonchev–Trinajstić information content (AvgIpc) is 2.42. The van der Waals surface area contributed by atoms with E-state index < -0.39 is 5.41 Å². The Morgan fingerprint density at radius 1 is 1.22 bits per heavy atom. The molecule has 0 saturated heterocycles. The number of rotatable bonds is 5. The predicted octanol–water partition coefficient (Wildman–Crippen LogP) is 5.73. The molecule has 0 aliphatic carbocycles. The minimum Gasteiger partial charge on any atom is -0.309 e. The number of halogens is 1. The van der Waals surface area contributed by atoms with Gasteiger partial charge in [-0.2, -0.15) is 0 Å². The van der Waals surface area contributed by atoms with Crippen LogP contribution in [0.4, 0.5) is 10.1 Å². The second-order valence-corrected chi connectivity index (χ2v) is 8.12. The molecule has 0 fully saturated rings. The van der Waals surface area contributed by atoms with Crippen molar-refractivity contribution in [3.63, 3.8) is 0 Å². The summed E-state index contributed by atoms with van der Waals surface area (Å²) in [6, 6.07) is 5.02. The molecule has 0 heterocycles. The molecule has 0 aliphatic heterocycles. The summed E-state index contributed by atoms with van der Waals surface area (Å²) in [5.74, 6) is -0.142. The van der Waals surface area contributed by atoms with Crippen molar-refractivity contribution < 1.29 is 9.18 Å². The summed E-state index contributed by atoms with van der Waals surface area (Å²) >= 11 is 0. The molecule has 1 aromatic rings. The van der Waals surface area contributed by atoms with Crippen LogP contribution in [0.15, 0.2) is 18.2 Å². The Hall–Kier alpha value is -1.38. The Kier molecular flexibility index (Phi) is 6.00. The zero-order valence-electron chi connectivity index (χ0n) is 16.0. The molecule has 0 aliphatic rings. The Labute approximate surface area is 141 Å². The summed E-state index contributed by atoms with van der Waals surface area (Å²) in [5.41, 5.74) is 0.672. The lowest BCUT2D eigenvalue weighted by Gasteiger charge is -2.43. The monoisotopic (exact) mass is 321 g/mol. The van der Waals surface area contributed by atoms with Crippen molar-refractivity contribution in [2.75, 3.05) is 4.90 Å². The molecule has 1 unspecified atom stereocenters. The van der Waals surface area contributed by atoms with E-state index in [9.17, 15) is 9.18 Å². The van der Waals surface area contributed by atoms with Gasteiger partial charge in [-0.15, -0.1) is 0 Å². The molecule has 0 bridgehead atoms. The van der Waals surface area contributed by atoms with Crippen LogP contribution in [0.3, 0.4) is 0 Å². The van der Waals surface area contributed by atoms with Gasteiger partial charge in [-0.05, 0) is 49.4 Å². The summed E-state index contributed by atoms with van der Waals surface area (Å²) in [7, 11) is 0. The van der Waals surface area contributed by atoms with Crippen molar-refractivity contribution >= 4 is 11.6 Å². The van der Waals surface area contributed by atoms with Crippen LogP contribution in [-0.4, -0.2) is 11.9 Å². The molecule has 1 aromatic carbocycles. The number of carbonyl (C=O) groups is 1. The molecule has 0 radical (unpaired) electrons. The summed E-state index contributed by atoms with van der Waals surface area (Å²) in [6.07, 6.45) is 1.92. The van der Waals surface area contributed by atoms with E-state index in [0.717, 1.165) is 18.5 Å². The lowest BCUT2D eigenvalue weighted by atomic mass is 9.68. The highest BCUT2D eigenvalue weighted by atomic mass is 19.1. The van der Waals surface area contributed by atoms with Crippen LogP contribution in [-0.2, 0) is 4.79 Å². The molecule has 1 atom stereocenters. The van der Waals surface area contributed by atoms with E-state index in [-0.39, 0.29) is 23.2 Å². The van der Waals surface area contributed by atoms with Crippen molar-refractivity contribution in [1.82, 2.24) is 0 Å². The highest BCUT2D eigenvalue weighted by Gasteiger charge is 2.43. The van der Waals surface area contributed by atoms with Crippen LogP contribution in [0.5, 0.6) is 0 Å². The van der Waals surface area contributed by atoms with Gasteiger partial charge >= 0.3 is 0 Å². The normalized spacial score (nSPS) is 13.8. The minimum atomic E-state index is -0.517. The van der Waals surface area contributed by atoms with Crippen molar-refractivity contribution in [2.24, 2.45) is 10.8 Å². The molecule has 1 rings (SSSR count). The third-order valence-corrected chi connectivity index (χ3v) is 5.20. The summed E-state index contributed by atoms with van der Waals surface area (Å²) in [5, 5.41) is 0. The maximum absolute atomic E-state index is 13.6. The highest BCUT2D eigenvalue weighted by Crippen LogP contribution is 2.41. The number of hydrogen-bond donors (Lipinski definition) is 0. The number of carbonyl (C=O) groups excluding carboxylic acids is 1. The zero-order valence-corrected chi connectivity index (χ0v) is 16.0. The van der Waals surface area contributed by atoms with Gasteiger partial charge in [-0.25, -0.2) is 4.39 Å². The largest absolute Gasteiger partial charge is 0.309 e. The third kappa shape index (κ3) is 4.13. The van der Waals surface area contributed by atoms with Crippen molar-refractivity contribution in [3.05, 3.63) is 29.6 Å². The van der Waals surface area contributed by atoms with E-state index in [0.29, 0.717) is 5.56 Å². The van der Waals surface area contributed by atoms with E-state index in [1.54, 1.807) is 19.1 Å². The Balaban J connectivity index is 3.36. The fraction of sp³-hybridized carbons (Fsp3) is 0.650. The average molecular weight is 321 g/mol. The smallest absolute Gasteiger partial charge is 0.233 e. The number of nitrogens with zero attached hydrogens (tertiary/aromatic N) is 1. The van der Waals surface area contributed by atoms with E-state index in [1.165, 1.54) is 6.07 Å². The molecule has 3 heteroatoms. The topological polar surface area (TPSA) is 20.3 Å². The molecule has 2 nitrogen and oxygen atoms in total. The van der Waals surface area contributed by atoms with Gasteiger partial charge < -0.3 is 4.90 Å². The van der Waals surface area contributed by atoms with E-state index in [2.05, 4.69) is 34.6 Å². The second kappa shape index (κ2) is 7.02. The third-order valence-electron chi connectivity index (χ3n) is 5.20. The van der Waals surface area contributed by atoms with Crippen LogP contribution >= 0.6 is 0 Å². The van der Waals surface area contributed by atoms with Crippen LogP contribution in [0, 0.1) is 23.6 Å². The highest BCUT2D eigenvalue weighted by molar-refractivity contribution is 5.98. The first-order valence-electron chi connectivity index (χ1n) is 8.53. The SMILES string of the molecule is CCCC(C)N(C(=O)C(C)(C)C(C)(C)C)c1ccc(F)c(C)c1. The maximum atomic E-state index is 13.6. The maximum Gasteiger partial charge on any atom is 0.233 e. The first-order chi connectivity index (χ1) is 10.4. The van der Waals surface area contributed by atoms with Crippen molar-refractivity contribution in [2.45, 2.75) is 74.3 Å². The molecule has 23 heavy (non-hydrogen) atoms. The first kappa shape index (κ1) is 19.7. The number of aryl methyl sites for hydroxylation is 1. The Morgan fingerprint density at radius 3 is 2.22 bits per heavy atom. The molecule has 0 N–H and O–H groups in total. The summed E-state index contributed by atoms with van der Waals surface area (Å²) < 4.78 is 13.6. The number of hydrogen-bond acceptors (Lipinski definition) is 1. The molecule has 0 aromatic heterocycles. The number of benzene rings is 1. The van der Waals surface area contributed by atoms with Gasteiger partial charge in [0.1, 0.15) is 5.82 Å². The van der Waals surface area contributed by atoms with Crippen LogP contribution in [0.1, 0.15) is 66.9 Å². The van der Waals surface area contributed by atoms with Gasteiger partial charge in [0.25, 0.3) is 0 Å². The van der Waals surface area contributed by atoms with Crippen LogP contribution in [0.25, 0.3) is 0 Å². The standard InChI is InChI=1S/C20H32FNO/c1-9-10-15(3)22(16-11-12-17(21)14(2)13-16)18(23)20(7,8)19(4,5)6/h11-13,15H,9-10H2,1-8H3. The van der Waals surface area contributed by atoms with Crippen LogP contribution < -0.4 is 4.90 Å². The molecule has 0 saturated carbocycles. The predicted molar refractivity (Wildman–Crippen MR) is 96.2 cm³/mol. The quantitative estimate of drug-likeness (QED) is 0.678. The number of amides is 1. The van der Waals surface area contributed by atoms with E-state index in [4.69, 9.17) is 0 Å². The lowest BCUT2D eigenvalue weighted by Crippen LogP contribution is -2.50. The van der Waals surface area contributed by atoms with Gasteiger partial charge in [0, 0.05) is 17.1 Å². The van der Waals surface area contributed by atoms with E-state index >= 15 is 0 Å². The van der Waals surface area contributed by atoms with E-state index in [1.807, 2.05) is 18.7 Å². The fourth-order valence-corrected chi connectivity index (χ4v) is 2.52. The second-order valence-electron chi connectivity index (χ2n) is 8.12. The molecule has 130 valence electrons. The van der Waals surface area contributed by atoms with Crippen molar-refractivity contribution in [3.8, 4) is 0 Å². The van der Waals surface area contributed by atoms with Crippen molar-refractivity contribution in [1.29, 1.82) is 0 Å². The van der Waals surface area contributed by atoms with Gasteiger partial charge in [0.15, 0.2) is 0 Å². The van der Waals surface area contributed by atoms with Gasteiger partial charge in [-0.1, -0.05) is 48.0 Å². The molecular weight excluding hydrogens is 289 g/mol. The Morgan fingerprint density at radius 2 is 1.78 bits per heavy atom. The molecule has 1 amide bonds. The lowest BCUT2D eigenvalue weighted by molar-refractivity contribution is -0.132. The zero-order chi connectivity index (χ0) is 18.0. The van der Waals surface area contributed by atoms with Gasteiger partial charge in [-0.3, -0.25) is 4.79 Å². The van der Waals surface area contributed by atoms with Gasteiger partial charge in [0.05, 0.1) is 0 Å². The first-order valence-corrected chi connectivity index (χ1v) is 8.53. The minimum absolute atomic E-state index is 0.0824. The van der Waals surface area contributed by atoms with Gasteiger partial charge in [0.2, 0.25) is 5.91 Å². The molecule has 0 spiro atoms. The Bertz CT molecular complexity index is 557. The summed E-state index contributed by atoms with van der Waals surface area (Å²) in [6.45, 7) is 16.2. The summed E-state index contributed by atoms with van der Waals surface area (Å²) in [4.78, 5) is 15.2. The van der Waals surface area contributed by atoms with Crippen LogP contribution in [0.2, 0.25) is 0 Å². The molecular formula is C20H32FNO. The fourth-order valence-electron chi connectivity index (χ4n) is 2.52. The number of anilines is 1.